The van der Waals surface area contributed by atoms with E-state index in [0.717, 1.165) is 12.8 Å². The van der Waals surface area contributed by atoms with Gasteiger partial charge in [0.15, 0.2) is 0 Å². The first-order valence-electron chi connectivity index (χ1n) is 4.89. The number of rotatable bonds is 2. The third kappa shape index (κ3) is 1.33. The van der Waals surface area contributed by atoms with Gasteiger partial charge in [0.25, 0.3) is 0 Å². The van der Waals surface area contributed by atoms with Crippen LogP contribution in [-0.2, 0) is 9.05 Å². The Labute approximate surface area is 89.8 Å². The van der Waals surface area contributed by atoms with Crippen LogP contribution >= 0.6 is 10.7 Å². The quantitative estimate of drug-likeness (QED) is 0.544. The third-order valence-electron chi connectivity index (χ3n) is 4.19. The number of fused-ring (bicyclic) bond motifs is 2. The predicted molar refractivity (Wildman–Crippen MR) is 57.7 cm³/mol. The maximum atomic E-state index is 11.2. The largest absolute Gasteiger partial charge is 0.233 e. The average Bonchev–Trinajstić information content (AvgIpc) is 2.34. The third-order valence-corrected chi connectivity index (χ3v) is 5.38. The molecule has 0 N–H and O–H groups in total. The van der Waals surface area contributed by atoms with Crippen LogP contribution in [0.2, 0.25) is 0 Å². The maximum Gasteiger partial charge on any atom is 0.233 e. The number of hydrogen-bond acceptors (Lipinski definition) is 2. The topological polar surface area (TPSA) is 34.1 Å². The van der Waals surface area contributed by atoms with E-state index in [1.807, 2.05) is 0 Å². The number of allylic oxidation sites excluding steroid dienone is 2. The average molecular weight is 235 g/mol. The van der Waals surface area contributed by atoms with E-state index in [1.54, 1.807) is 0 Å². The molecule has 1 fully saturated rings. The van der Waals surface area contributed by atoms with Crippen LogP contribution in [0.5, 0.6) is 0 Å². The lowest BCUT2D eigenvalue weighted by Crippen LogP contribution is -2.35. The monoisotopic (exact) mass is 234 g/mol. The Morgan fingerprint density at radius 1 is 1.50 bits per heavy atom. The van der Waals surface area contributed by atoms with Crippen LogP contribution in [0.15, 0.2) is 12.2 Å². The van der Waals surface area contributed by atoms with E-state index < -0.39 is 9.05 Å². The molecule has 2 rings (SSSR count). The van der Waals surface area contributed by atoms with E-state index in [0.29, 0.717) is 5.92 Å². The zero-order valence-corrected chi connectivity index (χ0v) is 10.0. The van der Waals surface area contributed by atoms with Gasteiger partial charge in [-0.05, 0) is 24.2 Å². The van der Waals surface area contributed by atoms with E-state index >= 15 is 0 Å². The highest BCUT2D eigenvalue weighted by Crippen LogP contribution is 2.62. The fraction of sp³-hybridized carbons (Fsp3) is 0.800. The zero-order chi connectivity index (χ0) is 10.6. The van der Waals surface area contributed by atoms with Crippen LogP contribution in [0.25, 0.3) is 0 Å². The summed E-state index contributed by atoms with van der Waals surface area (Å²) in [5.74, 6) is 0.614. The lowest BCUT2D eigenvalue weighted by molar-refractivity contribution is 0.185. The van der Waals surface area contributed by atoms with Gasteiger partial charge in [-0.1, -0.05) is 26.0 Å². The van der Waals surface area contributed by atoms with E-state index in [9.17, 15) is 8.42 Å². The summed E-state index contributed by atoms with van der Waals surface area (Å²) in [6.07, 6.45) is 6.27. The molecular weight excluding hydrogens is 220 g/mol. The van der Waals surface area contributed by atoms with Gasteiger partial charge in [-0.2, -0.15) is 0 Å². The van der Waals surface area contributed by atoms with Crippen molar-refractivity contribution in [2.75, 3.05) is 5.75 Å². The summed E-state index contributed by atoms with van der Waals surface area (Å²) in [6, 6.07) is 0. The normalized spacial score (nSPS) is 39.2. The van der Waals surface area contributed by atoms with E-state index in [2.05, 4.69) is 26.0 Å². The van der Waals surface area contributed by atoms with Gasteiger partial charge in [-0.3, -0.25) is 0 Å². The first kappa shape index (κ1) is 10.5. The van der Waals surface area contributed by atoms with Crippen molar-refractivity contribution in [2.45, 2.75) is 26.7 Å². The molecule has 2 aliphatic carbocycles. The molecule has 0 aromatic carbocycles. The lowest BCUT2D eigenvalue weighted by Gasteiger charge is -2.36. The molecule has 0 aliphatic heterocycles. The van der Waals surface area contributed by atoms with Crippen molar-refractivity contribution in [3.8, 4) is 0 Å². The Balaban J connectivity index is 2.37. The Hall–Kier alpha value is -0.0200. The fourth-order valence-electron chi connectivity index (χ4n) is 3.01. The molecule has 4 heteroatoms. The predicted octanol–water partition coefficient (Wildman–Crippen LogP) is 2.55. The molecule has 0 aromatic rings. The SMILES string of the molecule is CC1(C)C2C=CC1(CS(=O)(=O)Cl)CC2. The van der Waals surface area contributed by atoms with Crippen LogP contribution in [0.1, 0.15) is 26.7 Å². The van der Waals surface area contributed by atoms with Crippen molar-refractivity contribution >= 4 is 19.7 Å². The van der Waals surface area contributed by atoms with Gasteiger partial charge >= 0.3 is 0 Å². The molecule has 2 nitrogen and oxygen atoms in total. The molecule has 2 aliphatic rings. The van der Waals surface area contributed by atoms with Crippen LogP contribution in [-0.4, -0.2) is 14.2 Å². The van der Waals surface area contributed by atoms with Crippen molar-refractivity contribution in [1.82, 2.24) is 0 Å². The van der Waals surface area contributed by atoms with Crippen LogP contribution in [0, 0.1) is 16.7 Å². The molecule has 0 amide bonds. The smallest absolute Gasteiger partial charge is 0.212 e. The highest BCUT2D eigenvalue weighted by molar-refractivity contribution is 8.13. The zero-order valence-electron chi connectivity index (χ0n) is 8.46. The molecule has 0 saturated heterocycles. The standard InChI is InChI=1S/C10H15ClO2S/c1-9(2)8-3-5-10(9,6-4-8)7-14(11,12)13/h3,5,8H,4,6-7H2,1-2H3. The van der Waals surface area contributed by atoms with Crippen LogP contribution in [0.4, 0.5) is 0 Å². The maximum absolute atomic E-state index is 11.2. The second-order valence-electron chi connectivity index (χ2n) is 5.07. The summed E-state index contributed by atoms with van der Waals surface area (Å²) < 4.78 is 22.4. The molecule has 0 radical (unpaired) electrons. The highest BCUT2D eigenvalue weighted by Gasteiger charge is 2.57. The summed E-state index contributed by atoms with van der Waals surface area (Å²) in [5.41, 5.74) is -0.160. The van der Waals surface area contributed by atoms with E-state index in [1.165, 1.54) is 0 Å². The van der Waals surface area contributed by atoms with Crippen LogP contribution < -0.4 is 0 Å². The van der Waals surface area contributed by atoms with Gasteiger partial charge in [-0.15, -0.1) is 0 Å². The molecule has 0 spiro atoms. The molecule has 0 heterocycles. The van der Waals surface area contributed by atoms with Gasteiger partial charge in [0.1, 0.15) is 0 Å². The van der Waals surface area contributed by atoms with Gasteiger partial charge in [0, 0.05) is 16.1 Å². The number of halogens is 1. The second-order valence-corrected chi connectivity index (χ2v) is 7.84. The molecule has 14 heavy (non-hydrogen) atoms. The van der Waals surface area contributed by atoms with Crippen molar-refractivity contribution in [3.05, 3.63) is 12.2 Å². The molecule has 80 valence electrons. The summed E-state index contributed by atoms with van der Waals surface area (Å²) in [4.78, 5) is 0. The fourth-order valence-corrected chi connectivity index (χ4v) is 4.83. The highest BCUT2D eigenvalue weighted by atomic mass is 35.7. The molecule has 1 saturated carbocycles. The first-order valence-corrected chi connectivity index (χ1v) is 7.36. The van der Waals surface area contributed by atoms with Gasteiger partial charge < -0.3 is 0 Å². The van der Waals surface area contributed by atoms with Crippen LogP contribution in [0.3, 0.4) is 0 Å². The molecule has 2 unspecified atom stereocenters. The minimum absolute atomic E-state index is 0.0506. The van der Waals surface area contributed by atoms with Gasteiger partial charge in [-0.25, -0.2) is 8.42 Å². The molecule has 2 atom stereocenters. The van der Waals surface area contributed by atoms with Crippen molar-refractivity contribution in [2.24, 2.45) is 16.7 Å². The number of hydrogen-bond donors (Lipinski definition) is 0. The van der Waals surface area contributed by atoms with Crippen molar-refractivity contribution < 1.29 is 8.42 Å². The molecular formula is C10H15ClO2S. The summed E-state index contributed by atoms with van der Waals surface area (Å²) in [6.45, 7) is 4.29. The minimum Gasteiger partial charge on any atom is -0.212 e. The minimum atomic E-state index is -3.40. The van der Waals surface area contributed by atoms with Gasteiger partial charge in [0.2, 0.25) is 9.05 Å². The van der Waals surface area contributed by atoms with Crippen molar-refractivity contribution in [1.29, 1.82) is 0 Å². The Kier molecular flexibility index (Phi) is 2.07. The molecule has 0 aromatic heterocycles. The Morgan fingerprint density at radius 3 is 2.43 bits per heavy atom. The lowest BCUT2D eigenvalue weighted by atomic mass is 9.70. The Bertz CT molecular complexity index is 383. The second kappa shape index (κ2) is 2.76. The molecule has 2 bridgehead atoms. The van der Waals surface area contributed by atoms with Crippen molar-refractivity contribution in [3.63, 3.8) is 0 Å². The van der Waals surface area contributed by atoms with Gasteiger partial charge in [0.05, 0.1) is 5.75 Å². The van der Waals surface area contributed by atoms with E-state index in [-0.39, 0.29) is 16.6 Å². The van der Waals surface area contributed by atoms with E-state index in [4.69, 9.17) is 10.7 Å². The summed E-state index contributed by atoms with van der Waals surface area (Å²) >= 11 is 0. The summed E-state index contributed by atoms with van der Waals surface area (Å²) in [7, 11) is 1.96. The summed E-state index contributed by atoms with van der Waals surface area (Å²) in [5, 5.41) is 0. The Morgan fingerprint density at radius 2 is 2.14 bits per heavy atom. The first-order chi connectivity index (χ1) is 6.27.